The lowest BCUT2D eigenvalue weighted by atomic mass is 10.3. The van der Waals surface area contributed by atoms with Crippen molar-refractivity contribution in [2.24, 2.45) is 0 Å². The first-order valence-electron chi connectivity index (χ1n) is 8.40. The second-order valence-corrected chi connectivity index (χ2v) is 8.18. The molecule has 1 saturated heterocycles. The molecule has 2 aromatic rings. The number of hydrogen-bond acceptors (Lipinski definition) is 5. The lowest BCUT2D eigenvalue weighted by Crippen LogP contribution is -2.48. The van der Waals surface area contributed by atoms with Gasteiger partial charge in [0.25, 0.3) is 5.76 Å². The maximum absolute atomic E-state index is 12.3. The molecule has 0 bridgehead atoms. The number of anilines is 1. The van der Waals surface area contributed by atoms with Crippen LogP contribution in [0.2, 0.25) is 0 Å². The SMILES string of the molecule is O=C(CN1CCN(Cc2cccs2)CC1)Nc1ccc(SC(F)F)cc1. The van der Waals surface area contributed by atoms with Crippen LogP contribution in [0.1, 0.15) is 4.88 Å². The first kappa shape index (κ1) is 19.3. The molecule has 1 amide bonds. The number of carbonyl (C=O) groups is 1. The van der Waals surface area contributed by atoms with Gasteiger partial charge in [0, 0.05) is 48.2 Å². The van der Waals surface area contributed by atoms with Crippen molar-refractivity contribution in [2.75, 3.05) is 38.0 Å². The van der Waals surface area contributed by atoms with Gasteiger partial charge in [-0.2, -0.15) is 8.78 Å². The quantitative estimate of drug-likeness (QED) is 0.721. The lowest BCUT2D eigenvalue weighted by Gasteiger charge is -2.34. The number of alkyl halides is 2. The number of halogens is 2. The molecule has 1 fully saturated rings. The summed E-state index contributed by atoms with van der Waals surface area (Å²) >= 11 is 2.27. The van der Waals surface area contributed by atoms with Gasteiger partial charge >= 0.3 is 0 Å². The summed E-state index contributed by atoms with van der Waals surface area (Å²) in [6.07, 6.45) is 0. The minimum absolute atomic E-state index is 0.0778. The number of benzene rings is 1. The summed E-state index contributed by atoms with van der Waals surface area (Å²) in [7, 11) is 0. The predicted octanol–water partition coefficient (Wildman–Crippen LogP) is 3.82. The molecule has 0 radical (unpaired) electrons. The van der Waals surface area contributed by atoms with Gasteiger partial charge in [0.2, 0.25) is 5.91 Å². The first-order chi connectivity index (χ1) is 12.6. The highest BCUT2D eigenvalue weighted by atomic mass is 32.2. The van der Waals surface area contributed by atoms with Crippen molar-refractivity contribution in [3.8, 4) is 0 Å². The molecule has 3 rings (SSSR count). The normalized spacial score (nSPS) is 16.1. The summed E-state index contributed by atoms with van der Waals surface area (Å²) in [5.74, 6) is -2.51. The molecule has 0 saturated carbocycles. The van der Waals surface area contributed by atoms with Crippen LogP contribution < -0.4 is 5.32 Å². The third-order valence-corrected chi connectivity index (χ3v) is 5.74. The number of piperazine rings is 1. The molecule has 1 aromatic heterocycles. The van der Waals surface area contributed by atoms with Crippen LogP contribution in [0.25, 0.3) is 0 Å². The molecule has 140 valence electrons. The van der Waals surface area contributed by atoms with Gasteiger partial charge in [-0.15, -0.1) is 11.3 Å². The Labute approximate surface area is 160 Å². The number of rotatable bonds is 7. The highest BCUT2D eigenvalue weighted by molar-refractivity contribution is 7.99. The Kier molecular flexibility index (Phi) is 7.01. The zero-order chi connectivity index (χ0) is 18.4. The van der Waals surface area contributed by atoms with Crippen molar-refractivity contribution in [3.05, 3.63) is 46.7 Å². The van der Waals surface area contributed by atoms with Gasteiger partial charge in [0.15, 0.2) is 0 Å². The zero-order valence-corrected chi connectivity index (χ0v) is 15.9. The standard InChI is InChI=1S/C18H21F2N3OS2/c19-18(20)26-15-5-3-14(4-6-15)21-17(24)13-23-9-7-22(8-10-23)12-16-2-1-11-25-16/h1-6,11,18H,7-10,12-13H2,(H,21,24). The van der Waals surface area contributed by atoms with Crippen molar-refractivity contribution >= 4 is 34.7 Å². The van der Waals surface area contributed by atoms with Gasteiger partial charge in [0.05, 0.1) is 6.54 Å². The fraction of sp³-hybridized carbons (Fsp3) is 0.389. The van der Waals surface area contributed by atoms with Crippen LogP contribution in [0.3, 0.4) is 0 Å². The molecular formula is C18H21F2N3OS2. The maximum Gasteiger partial charge on any atom is 0.288 e. The summed E-state index contributed by atoms with van der Waals surface area (Å²) in [5.41, 5.74) is 0.630. The van der Waals surface area contributed by atoms with Crippen LogP contribution in [0.4, 0.5) is 14.5 Å². The first-order valence-corrected chi connectivity index (χ1v) is 10.2. The van der Waals surface area contributed by atoms with Crippen LogP contribution in [-0.4, -0.2) is 54.2 Å². The van der Waals surface area contributed by atoms with E-state index in [4.69, 9.17) is 0 Å². The molecule has 0 atom stereocenters. The zero-order valence-electron chi connectivity index (χ0n) is 14.2. The van der Waals surface area contributed by atoms with E-state index in [0.29, 0.717) is 28.9 Å². The monoisotopic (exact) mass is 397 g/mol. The fourth-order valence-electron chi connectivity index (χ4n) is 2.85. The average Bonchev–Trinajstić information content (AvgIpc) is 3.11. The van der Waals surface area contributed by atoms with Gasteiger partial charge in [0.1, 0.15) is 0 Å². The second kappa shape index (κ2) is 9.45. The van der Waals surface area contributed by atoms with E-state index >= 15 is 0 Å². The predicted molar refractivity (Wildman–Crippen MR) is 103 cm³/mol. The van der Waals surface area contributed by atoms with Gasteiger partial charge in [-0.25, -0.2) is 0 Å². The van der Waals surface area contributed by atoms with E-state index in [9.17, 15) is 13.6 Å². The smallest absolute Gasteiger partial charge is 0.288 e. The summed E-state index contributed by atoms with van der Waals surface area (Å²) in [5, 5.41) is 4.92. The van der Waals surface area contributed by atoms with Crippen LogP contribution in [0.5, 0.6) is 0 Å². The maximum atomic E-state index is 12.3. The third kappa shape index (κ3) is 6.05. The average molecular weight is 398 g/mol. The van der Waals surface area contributed by atoms with E-state index in [0.717, 1.165) is 32.7 Å². The molecular weight excluding hydrogens is 376 g/mol. The van der Waals surface area contributed by atoms with Crippen LogP contribution in [-0.2, 0) is 11.3 Å². The van der Waals surface area contributed by atoms with Gasteiger partial charge < -0.3 is 5.32 Å². The minimum atomic E-state index is -2.44. The van der Waals surface area contributed by atoms with Crippen LogP contribution in [0.15, 0.2) is 46.7 Å². The second-order valence-electron chi connectivity index (χ2n) is 6.08. The molecule has 8 heteroatoms. The van der Waals surface area contributed by atoms with Gasteiger partial charge in [-0.1, -0.05) is 17.8 Å². The van der Waals surface area contributed by atoms with Crippen molar-refractivity contribution in [1.82, 2.24) is 9.80 Å². The third-order valence-electron chi connectivity index (χ3n) is 4.15. The summed E-state index contributed by atoms with van der Waals surface area (Å²) < 4.78 is 24.6. The highest BCUT2D eigenvalue weighted by Gasteiger charge is 2.19. The Morgan fingerprint density at radius 1 is 1.12 bits per heavy atom. The Morgan fingerprint density at radius 3 is 2.42 bits per heavy atom. The van der Waals surface area contributed by atoms with Crippen molar-refractivity contribution < 1.29 is 13.6 Å². The largest absolute Gasteiger partial charge is 0.325 e. The molecule has 1 aromatic carbocycles. The molecule has 26 heavy (non-hydrogen) atoms. The summed E-state index contributed by atoms with van der Waals surface area (Å²) in [6.45, 7) is 4.95. The summed E-state index contributed by atoms with van der Waals surface area (Å²) in [6, 6.07) is 10.7. The fourth-order valence-corrected chi connectivity index (χ4v) is 4.10. The number of thioether (sulfide) groups is 1. The Bertz CT molecular complexity index is 687. The van der Waals surface area contributed by atoms with E-state index < -0.39 is 5.76 Å². The molecule has 1 aliphatic rings. The highest BCUT2D eigenvalue weighted by Crippen LogP contribution is 2.26. The van der Waals surface area contributed by atoms with Crippen molar-refractivity contribution in [2.45, 2.75) is 17.2 Å². The Balaban J connectivity index is 1.40. The van der Waals surface area contributed by atoms with E-state index in [-0.39, 0.29) is 5.91 Å². The van der Waals surface area contributed by atoms with Crippen molar-refractivity contribution in [1.29, 1.82) is 0 Å². The van der Waals surface area contributed by atoms with E-state index in [1.807, 2.05) is 0 Å². The molecule has 1 N–H and O–H groups in total. The Morgan fingerprint density at radius 2 is 1.81 bits per heavy atom. The van der Waals surface area contributed by atoms with Gasteiger partial charge in [-0.3, -0.25) is 14.6 Å². The number of thiophene rings is 1. The van der Waals surface area contributed by atoms with Gasteiger partial charge in [-0.05, 0) is 35.7 Å². The van der Waals surface area contributed by atoms with Crippen LogP contribution in [0, 0.1) is 0 Å². The number of carbonyl (C=O) groups excluding carboxylic acids is 1. The number of amides is 1. The minimum Gasteiger partial charge on any atom is -0.325 e. The number of hydrogen-bond donors (Lipinski definition) is 1. The topological polar surface area (TPSA) is 35.6 Å². The number of nitrogens with one attached hydrogen (secondary N) is 1. The molecule has 2 heterocycles. The van der Waals surface area contributed by atoms with E-state index in [2.05, 4.69) is 32.6 Å². The van der Waals surface area contributed by atoms with E-state index in [1.54, 1.807) is 35.6 Å². The molecule has 1 aliphatic heterocycles. The van der Waals surface area contributed by atoms with Crippen LogP contribution >= 0.6 is 23.1 Å². The molecule has 4 nitrogen and oxygen atoms in total. The molecule has 0 spiro atoms. The molecule has 0 aliphatic carbocycles. The lowest BCUT2D eigenvalue weighted by molar-refractivity contribution is -0.117. The Hall–Kier alpha value is -1.48. The molecule has 0 unspecified atom stereocenters. The summed E-state index contributed by atoms with van der Waals surface area (Å²) in [4.78, 5) is 18.6. The van der Waals surface area contributed by atoms with Crippen molar-refractivity contribution in [3.63, 3.8) is 0 Å². The van der Waals surface area contributed by atoms with E-state index in [1.165, 1.54) is 4.88 Å². The number of nitrogens with zero attached hydrogens (tertiary/aromatic N) is 2.